The third-order valence-electron chi connectivity index (χ3n) is 1.93. The van der Waals surface area contributed by atoms with Gasteiger partial charge in [-0.15, -0.1) is 0 Å². The molecule has 2 N–H and O–H groups in total. The first-order chi connectivity index (χ1) is 6.72. The lowest BCUT2D eigenvalue weighted by molar-refractivity contribution is 0.282. The van der Waals surface area contributed by atoms with Crippen molar-refractivity contribution in [1.82, 2.24) is 0 Å². The molecule has 76 valence electrons. The molecule has 0 fully saturated rings. The number of benzene rings is 1. The Bertz CT molecular complexity index is 314. The maximum Gasteiger partial charge on any atom is 0.0682 e. The van der Waals surface area contributed by atoms with E-state index in [9.17, 15) is 0 Å². The molecule has 2 heteroatoms. The van der Waals surface area contributed by atoms with Gasteiger partial charge in [0.15, 0.2) is 0 Å². The van der Waals surface area contributed by atoms with Crippen LogP contribution in [0, 0.1) is 0 Å². The molecular formula is C12H17NO. The average molecular weight is 191 g/mol. The molecule has 0 aliphatic rings. The molecule has 0 aliphatic heterocycles. The fourth-order valence-electron chi connectivity index (χ4n) is 1.15. The van der Waals surface area contributed by atoms with E-state index in [1.807, 2.05) is 24.3 Å². The molecule has 2 nitrogen and oxygen atoms in total. The van der Waals surface area contributed by atoms with Crippen molar-refractivity contribution in [3.63, 3.8) is 0 Å². The second-order valence-electron chi connectivity index (χ2n) is 3.52. The first-order valence-corrected chi connectivity index (χ1v) is 4.79. The van der Waals surface area contributed by atoms with Gasteiger partial charge in [0.2, 0.25) is 0 Å². The van der Waals surface area contributed by atoms with Gasteiger partial charge in [-0.05, 0) is 31.5 Å². The summed E-state index contributed by atoms with van der Waals surface area (Å²) in [7, 11) is 0. The summed E-state index contributed by atoms with van der Waals surface area (Å²) in [4.78, 5) is 0. The van der Waals surface area contributed by atoms with Crippen molar-refractivity contribution in [1.29, 1.82) is 0 Å². The number of anilines is 1. The third-order valence-corrected chi connectivity index (χ3v) is 1.93. The minimum atomic E-state index is 0.0954. The molecule has 0 saturated carbocycles. The average Bonchev–Trinajstić information content (AvgIpc) is 2.18. The topological polar surface area (TPSA) is 32.3 Å². The van der Waals surface area contributed by atoms with Crippen molar-refractivity contribution in [2.75, 3.05) is 11.9 Å². The molecule has 0 heterocycles. The lowest BCUT2D eigenvalue weighted by Gasteiger charge is -2.05. The van der Waals surface area contributed by atoms with Crippen LogP contribution in [0.15, 0.2) is 35.9 Å². The molecule has 0 bridgehead atoms. The van der Waals surface area contributed by atoms with Gasteiger partial charge in [0.05, 0.1) is 6.61 Å². The van der Waals surface area contributed by atoms with Gasteiger partial charge in [0, 0.05) is 12.2 Å². The molecule has 1 aromatic carbocycles. The maximum absolute atomic E-state index is 8.94. The van der Waals surface area contributed by atoms with E-state index < -0.39 is 0 Å². The van der Waals surface area contributed by atoms with E-state index in [-0.39, 0.29) is 6.61 Å². The van der Waals surface area contributed by atoms with E-state index >= 15 is 0 Å². The van der Waals surface area contributed by atoms with Crippen LogP contribution in [0.4, 0.5) is 5.69 Å². The Hall–Kier alpha value is -1.28. The normalized spacial score (nSPS) is 9.64. The van der Waals surface area contributed by atoms with Crippen LogP contribution in [0.2, 0.25) is 0 Å². The predicted octanol–water partition coefficient (Wildman–Crippen LogP) is 2.56. The lowest BCUT2D eigenvalue weighted by Crippen LogP contribution is -1.99. The highest BCUT2D eigenvalue weighted by Crippen LogP contribution is 2.10. The van der Waals surface area contributed by atoms with Gasteiger partial charge < -0.3 is 10.4 Å². The van der Waals surface area contributed by atoms with E-state index in [1.165, 1.54) is 5.57 Å². The monoisotopic (exact) mass is 191 g/mol. The van der Waals surface area contributed by atoms with Crippen LogP contribution in [0.5, 0.6) is 0 Å². The zero-order chi connectivity index (χ0) is 10.4. The van der Waals surface area contributed by atoms with Crippen LogP contribution in [0.1, 0.15) is 19.4 Å². The Balaban J connectivity index is 2.54. The van der Waals surface area contributed by atoms with E-state index in [0.717, 1.165) is 17.8 Å². The number of aliphatic hydroxyl groups excluding tert-OH is 1. The first-order valence-electron chi connectivity index (χ1n) is 4.79. The highest BCUT2D eigenvalue weighted by Gasteiger charge is 1.92. The second-order valence-corrected chi connectivity index (χ2v) is 3.52. The zero-order valence-electron chi connectivity index (χ0n) is 8.75. The predicted molar refractivity (Wildman–Crippen MR) is 60.3 cm³/mol. The molecule has 1 rings (SSSR count). The van der Waals surface area contributed by atoms with Gasteiger partial charge in [-0.3, -0.25) is 0 Å². The quantitative estimate of drug-likeness (QED) is 0.717. The molecule has 0 amide bonds. The fraction of sp³-hybridized carbons (Fsp3) is 0.333. The summed E-state index contributed by atoms with van der Waals surface area (Å²) >= 11 is 0. The minimum Gasteiger partial charge on any atom is -0.392 e. The van der Waals surface area contributed by atoms with Crippen LogP contribution in [0.3, 0.4) is 0 Å². The van der Waals surface area contributed by atoms with E-state index in [2.05, 4.69) is 25.2 Å². The summed E-state index contributed by atoms with van der Waals surface area (Å²) in [6.45, 7) is 5.08. The summed E-state index contributed by atoms with van der Waals surface area (Å²) in [6.07, 6.45) is 2.13. The van der Waals surface area contributed by atoms with E-state index in [0.29, 0.717) is 0 Å². The summed E-state index contributed by atoms with van der Waals surface area (Å²) in [5, 5.41) is 12.2. The Kier molecular flexibility index (Phi) is 4.20. The number of rotatable bonds is 4. The molecule has 0 atom stereocenters. The summed E-state index contributed by atoms with van der Waals surface area (Å²) in [6, 6.07) is 7.80. The minimum absolute atomic E-state index is 0.0954. The molecule has 0 saturated heterocycles. The SMILES string of the molecule is CC(C)=CCNc1cccc(CO)c1. The molecule has 0 aromatic heterocycles. The van der Waals surface area contributed by atoms with E-state index in [1.54, 1.807) is 0 Å². The fourth-order valence-corrected chi connectivity index (χ4v) is 1.15. The van der Waals surface area contributed by atoms with Crippen molar-refractivity contribution in [3.8, 4) is 0 Å². The lowest BCUT2D eigenvalue weighted by atomic mass is 10.2. The van der Waals surface area contributed by atoms with Crippen molar-refractivity contribution >= 4 is 5.69 Å². The first kappa shape index (κ1) is 10.8. The van der Waals surface area contributed by atoms with Crippen molar-refractivity contribution in [2.24, 2.45) is 0 Å². The summed E-state index contributed by atoms with van der Waals surface area (Å²) < 4.78 is 0. The summed E-state index contributed by atoms with van der Waals surface area (Å²) in [5.41, 5.74) is 3.29. The Morgan fingerprint density at radius 1 is 1.43 bits per heavy atom. The van der Waals surface area contributed by atoms with Gasteiger partial charge in [0.25, 0.3) is 0 Å². The van der Waals surface area contributed by atoms with Gasteiger partial charge in [0.1, 0.15) is 0 Å². The number of nitrogens with one attached hydrogen (secondary N) is 1. The van der Waals surface area contributed by atoms with E-state index in [4.69, 9.17) is 5.11 Å². The molecule has 14 heavy (non-hydrogen) atoms. The van der Waals surface area contributed by atoms with Crippen molar-refractivity contribution in [3.05, 3.63) is 41.5 Å². The van der Waals surface area contributed by atoms with Crippen LogP contribution < -0.4 is 5.32 Å². The van der Waals surface area contributed by atoms with Crippen LogP contribution in [-0.4, -0.2) is 11.7 Å². The smallest absolute Gasteiger partial charge is 0.0682 e. The molecular weight excluding hydrogens is 174 g/mol. The molecule has 0 radical (unpaired) electrons. The van der Waals surface area contributed by atoms with Gasteiger partial charge in [-0.25, -0.2) is 0 Å². The largest absolute Gasteiger partial charge is 0.392 e. The zero-order valence-corrected chi connectivity index (χ0v) is 8.75. The summed E-state index contributed by atoms with van der Waals surface area (Å²) in [5.74, 6) is 0. The Morgan fingerprint density at radius 2 is 2.21 bits per heavy atom. The Morgan fingerprint density at radius 3 is 2.86 bits per heavy atom. The number of hydrogen-bond donors (Lipinski definition) is 2. The van der Waals surface area contributed by atoms with Crippen molar-refractivity contribution in [2.45, 2.75) is 20.5 Å². The van der Waals surface area contributed by atoms with Crippen molar-refractivity contribution < 1.29 is 5.11 Å². The highest BCUT2D eigenvalue weighted by atomic mass is 16.3. The molecule has 0 unspecified atom stereocenters. The van der Waals surface area contributed by atoms with Gasteiger partial charge >= 0.3 is 0 Å². The van der Waals surface area contributed by atoms with Gasteiger partial charge in [-0.1, -0.05) is 23.8 Å². The Labute approximate surface area is 85.3 Å². The molecule has 0 spiro atoms. The maximum atomic E-state index is 8.94. The molecule has 1 aromatic rings. The van der Waals surface area contributed by atoms with Crippen LogP contribution >= 0.6 is 0 Å². The standard InChI is InChI=1S/C12H17NO/c1-10(2)6-7-13-12-5-3-4-11(8-12)9-14/h3-6,8,13-14H,7,9H2,1-2H3. The van der Waals surface area contributed by atoms with Gasteiger partial charge in [-0.2, -0.15) is 0 Å². The number of aliphatic hydroxyl groups is 1. The highest BCUT2D eigenvalue weighted by molar-refractivity contribution is 5.46. The number of allylic oxidation sites excluding steroid dienone is 1. The van der Waals surface area contributed by atoms with Crippen LogP contribution in [0.25, 0.3) is 0 Å². The second kappa shape index (κ2) is 5.45. The van der Waals surface area contributed by atoms with Crippen LogP contribution in [-0.2, 0) is 6.61 Å². The number of hydrogen-bond acceptors (Lipinski definition) is 2. The molecule has 0 aliphatic carbocycles. The third kappa shape index (κ3) is 3.62.